The van der Waals surface area contributed by atoms with E-state index in [1.165, 1.54) is 38.5 Å². The Morgan fingerprint density at radius 3 is 1.72 bits per heavy atom. The van der Waals surface area contributed by atoms with Crippen LogP contribution in [0.3, 0.4) is 0 Å². The maximum Gasteiger partial charge on any atom is 0.737 e. The Morgan fingerprint density at radius 1 is 0.750 bits per heavy atom. The molecule has 1 heterocycles. The molecule has 0 aromatic rings. The lowest BCUT2D eigenvalue weighted by molar-refractivity contribution is -0.970. The smallest absolute Gasteiger partial charge is 0.304 e. The molecule has 0 spiro atoms. The maximum atomic E-state index is 11.4. The fraction of sp³-hybridized carbons (Fsp3) is 1.00. The predicted octanol–water partition coefficient (Wildman–Crippen LogP) is 1.78. The zero-order valence-electron chi connectivity index (χ0n) is 18.6. The predicted molar refractivity (Wildman–Crippen MR) is 113 cm³/mol. The van der Waals surface area contributed by atoms with Crippen LogP contribution in [0.15, 0.2) is 0 Å². The monoisotopic (exact) mass is 466 g/mol. The minimum absolute atomic E-state index is 0.0189. The Kier molecular flexibility index (Phi) is 14.4. The third-order valence-corrected chi connectivity index (χ3v) is 4.77. The maximum absolute atomic E-state index is 11.4. The van der Waals surface area contributed by atoms with Crippen molar-refractivity contribution >= 4 is 0 Å². The number of nitrogens with zero attached hydrogens (tertiary/aromatic N) is 6. The minimum Gasteiger partial charge on any atom is -0.304 e. The molecule has 0 saturated carbocycles. The van der Waals surface area contributed by atoms with Crippen LogP contribution in [0, 0.1) is 40.5 Å². The second-order valence-corrected chi connectivity index (χ2v) is 7.17. The zero-order chi connectivity index (χ0) is 24.6. The van der Waals surface area contributed by atoms with Crippen molar-refractivity contribution in [3.05, 3.63) is 40.5 Å². The third-order valence-electron chi connectivity index (χ3n) is 4.77. The molecule has 1 aliphatic rings. The molecule has 1 fully saturated rings. The minimum atomic E-state index is -3.88. The Labute approximate surface area is 185 Å². The average Bonchev–Trinajstić information content (AvgIpc) is 2.71. The van der Waals surface area contributed by atoms with Gasteiger partial charge >= 0.3 is 5.91 Å². The van der Waals surface area contributed by atoms with Crippen LogP contribution in [-0.2, 0) is 0 Å². The summed E-state index contributed by atoms with van der Waals surface area (Å²) in [5, 5.41) is 46.9. The molecule has 16 heteroatoms. The molecule has 2 N–H and O–H groups in total. The molecule has 1 rings (SSSR count). The molecule has 0 radical (unpaired) electrons. The Bertz CT molecular complexity index is 559. The van der Waals surface area contributed by atoms with Crippen molar-refractivity contribution < 1.29 is 19.9 Å². The van der Waals surface area contributed by atoms with Crippen molar-refractivity contribution in [1.29, 1.82) is 0 Å². The van der Waals surface area contributed by atoms with Gasteiger partial charge in [-0.15, -0.1) is 0 Å². The van der Waals surface area contributed by atoms with E-state index in [1.54, 1.807) is 0 Å². The quantitative estimate of drug-likeness (QED) is 0.216. The molecule has 1 saturated heterocycles. The molecular formula is C16H34N8O8. The number of unbranched alkanes of at least 4 members (excludes halogenated alkanes) is 5. The molecule has 0 atom stereocenters. The summed E-state index contributed by atoms with van der Waals surface area (Å²) in [5.74, 6) is -3.88. The number of rotatable bonds is 9. The Morgan fingerprint density at radius 2 is 1.28 bits per heavy atom. The molecular weight excluding hydrogens is 432 g/mol. The van der Waals surface area contributed by atoms with E-state index in [4.69, 9.17) is 0 Å². The largest absolute Gasteiger partial charge is 0.737 e. The Hall–Kier alpha value is -2.88. The van der Waals surface area contributed by atoms with E-state index < -0.39 is 44.0 Å². The summed E-state index contributed by atoms with van der Waals surface area (Å²) >= 11 is 0. The van der Waals surface area contributed by atoms with E-state index in [9.17, 15) is 40.5 Å². The van der Waals surface area contributed by atoms with Crippen LogP contribution < -0.4 is 10.6 Å². The molecule has 32 heavy (non-hydrogen) atoms. The summed E-state index contributed by atoms with van der Waals surface area (Å²) < 4.78 is 0. The van der Waals surface area contributed by atoms with Gasteiger partial charge in [-0.1, -0.05) is 58.8 Å². The van der Waals surface area contributed by atoms with Gasteiger partial charge in [-0.2, -0.15) is 0 Å². The van der Waals surface area contributed by atoms with Gasteiger partial charge < -0.3 is 5.32 Å². The van der Waals surface area contributed by atoms with Crippen LogP contribution in [0.2, 0.25) is 0 Å². The highest BCUT2D eigenvalue weighted by Gasteiger charge is 2.79. The molecule has 186 valence electrons. The lowest BCUT2D eigenvalue weighted by Crippen LogP contribution is -2.74. The molecule has 1 aliphatic heterocycles. The van der Waals surface area contributed by atoms with Gasteiger partial charge in [-0.3, -0.25) is 25.5 Å². The standard InChI is InChI=1S/C8H16N8O8.C8H18/c17-13(18)8(14(19)20)11(15(21)22)5-3-1-2-4-9-6-10-7-12(8)16(23)24;1-3-5-7-8-6-4-2/h9-10H,1-7H2;3-8H2,1-2H3. The van der Waals surface area contributed by atoms with Gasteiger partial charge in [0.15, 0.2) is 19.9 Å². The lowest BCUT2D eigenvalue weighted by Gasteiger charge is -2.26. The highest BCUT2D eigenvalue weighted by atomic mass is 16.7. The topological polar surface area (TPSA) is 203 Å². The Balaban J connectivity index is 0.00000102. The van der Waals surface area contributed by atoms with Crippen LogP contribution in [0.1, 0.15) is 71.6 Å². The van der Waals surface area contributed by atoms with Crippen molar-refractivity contribution in [2.45, 2.75) is 77.5 Å². The first-order valence-corrected chi connectivity index (χ1v) is 10.7. The normalized spacial score (nSPS) is 17.2. The van der Waals surface area contributed by atoms with Crippen molar-refractivity contribution in [3.8, 4) is 0 Å². The first-order valence-electron chi connectivity index (χ1n) is 10.7. The van der Waals surface area contributed by atoms with Gasteiger partial charge in [-0.25, -0.2) is 20.2 Å². The first-order chi connectivity index (χ1) is 15.2. The van der Waals surface area contributed by atoms with E-state index in [2.05, 4.69) is 24.5 Å². The average molecular weight is 466 g/mol. The second-order valence-electron chi connectivity index (χ2n) is 7.17. The summed E-state index contributed by atoms with van der Waals surface area (Å²) in [5.41, 5.74) is 0. The SMILES string of the molecule is CCCCCCCC.O=[N+]([O-])N1CCCCCNCNCN([N+](=O)[O-])C1([N+](=O)[O-])[N+](=O)[O-]. The van der Waals surface area contributed by atoms with Crippen molar-refractivity contribution in [2.24, 2.45) is 0 Å². The summed E-state index contributed by atoms with van der Waals surface area (Å²) in [4.78, 5) is 41.9. The zero-order valence-corrected chi connectivity index (χ0v) is 18.6. The number of nitrogens with one attached hydrogen (secondary N) is 2. The number of hydrazine groups is 2. The highest BCUT2D eigenvalue weighted by Crippen LogP contribution is 2.24. The lowest BCUT2D eigenvalue weighted by atomic mass is 10.1. The van der Waals surface area contributed by atoms with E-state index >= 15 is 0 Å². The van der Waals surface area contributed by atoms with Crippen LogP contribution in [0.5, 0.6) is 0 Å². The fourth-order valence-electron chi connectivity index (χ4n) is 3.07. The number of hydrogen-bond donors (Lipinski definition) is 2. The van der Waals surface area contributed by atoms with E-state index in [1.807, 2.05) is 0 Å². The molecule has 0 aliphatic carbocycles. The van der Waals surface area contributed by atoms with Crippen molar-refractivity contribution in [1.82, 2.24) is 20.7 Å². The van der Waals surface area contributed by atoms with Gasteiger partial charge in [-0.05, 0) is 19.4 Å². The molecule has 0 unspecified atom stereocenters. The number of nitro groups is 4. The van der Waals surface area contributed by atoms with E-state index in [0.29, 0.717) is 19.4 Å². The molecule has 0 aromatic heterocycles. The second kappa shape index (κ2) is 15.9. The number of hydrogen-bond acceptors (Lipinski definition) is 10. The summed E-state index contributed by atoms with van der Waals surface area (Å²) in [6.07, 6.45) is 9.48. The summed E-state index contributed by atoms with van der Waals surface area (Å²) in [7, 11) is 0. The van der Waals surface area contributed by atoms with Crippen LogP contribution in [0.4, 0.5) is 0 Å². The van der Waals surface area contributed by atoms with E-state index in [0.717, 1.165) is 0 Å². The molecule has 16 nitrogen and oxygen atoms in total. The first kappa shape index (κ1) is 29.1. The van der Waals surface area contributed by atoms with Gasteiger partial charge in [0.1, 0.15) is 6.67 Å². The van der Waals surface area contributed by atoms with Gasteiger partial charge in [0.25, 0.3) is 0 Å². The molecule has 0 aromatic carbocycles. The summed E-state index contributed by atoms with van der Waals surface area (Å²) in [6.45, 7) is 3.36. The van der Waals surface area contributed by atoms with Crippen LogP contribution >= 0.6 is 0 Å². The molecule has 0 bridgehead atoms. The van der Waals surface area contributed by atoms with Crippen molar-refractivity contribution in [2.75, 3.05) is 26.4 Å². The van der Waals surface area contributed by atoms with Crippen molar-refractivity contribution in [3.63, 3.8) is 0 Å². The van der Waals surface area contributed by atoms with Gasteiger partial charge in [0.2, 0.25) is 0 Å². The molecule has 0 amide bonds. The third kappa shape index (κ3) is 8.70. The fourth-order valence-corrected chi connectivity index (χ4v) is 3.07. The summed E-state index contributed by atoms with van der Waals surface area (Å²) in [6, 6.07) is 0. The van der Waals surface area contributed by atoms with Crippen LogP contribution in [0.25, 0.3) is 0 Å². The van der Waals surface area contributed by atoms with Gasteiger partial charge in [0.05, 0.1) is 11.6 Å². The van der Waals surface area contributed by atoms with Gasteiger partial charge in [0, 0.05) is 11.7 Å². The highest BCUT2D eigenvalue weighted by molar-refractivity contribution is 4.63. The van der Waals surface area contributed by atoms with Crippen LogP contribution in [-0.4, -0.2) is 62.3 Å². The van der Waals surface area contributed by atoms with E-state index in [-0.39, 0.29) is 18.1 Å².